The van der Waals surface area contributed by atoms with Gasteiger partial charge >= 0.3 is 5.69 Å². The van der Waals surface area contributed by atoms with Crippen molar-refractivity contribution >= 4 is 34.4 Å². The number of imidazole rings is 1. The van der Waals surface area contributed by atoms with Crippen LogP contribution in [0.15, 0.2) is 68.9 Å². The molecule has 0 saturated carbocycles. The topological polar surface area (TPSA) is 69.2 Å². The van der Waals surface area contributed by atoms with E-state index in [-0.39, 0.29) is 17.0 Å². The fourth-order valence-electron chi connectivity index (χ4n) is 3.60. The Morgan fingerprint density at radius 3 is 2.28 bits per heavy atom. The van der Waals surface area contributed by atoms with Crippen LogP contribution in [0.5, 0.6) is 0 Å². The summed E-state index contributed by atoms with van der Waals surface area (Å²) in [6.45, 7) is 6.43. The van der Waals surface area contributed by atoms with Gasteiger partial charge in [0.15, 0.2) is 0 Å². The number of hydrogen-bond donors (Lipinski definition) is 1. The van der Waals surface area contributed by atoms with Crippen LogP contribution in [-0.4, -0.2) is 15.0 Å². The molecule has 166 valence electrons. The van der Waals surface area contributed by atoms with Gasteiger partial charge in [-0.15, -0.1) is 11.8 Å². The van der Waals surface area contributed by atoms with E-state index in [1.165, 1.54) is 5.56 Å². The summed E-state index contributed by atoms with van der Waals surface area (Å²) in [7, 11) is 3.48. The van der Waals surface area contributed by atoms with Crippen molar-refractivity contribution in [3.8, 4) is 0 Å². The van der Waals surface area contributed by atoms with E-state index < -0.39 is 0 Å². The number of nitrogens with one attached hydrogen (secondary N) is 1. The minimum Gasteiger partial charge on any atom is -0.468 e. The molecule has 4 aromatic rings. The summed E-state index contributed by atoms with van der Waals surface area (Å²) in [6, 6.07) is 15.3. The average Bonchev–Trinajstić information content (AvgIpc) is 3.35. The molecule has 0 bridgehead atoms. The first-order valence-corrected chi connectivity index (χ1v) is 11.4. The van der Waals surface area contributed by atoms with Gasteiger partial charge in [-0.3, -0.25) is 13.9 Å². The summed E-state index contributed by atoms with van der Waals surface area (Å²) in [6.07, 6.45) is 1.64. The van der Waals surface area contributed by atoms with Crippen molar-refractivity contribution in [2.45, 2.75) is 36.8 Å². The number of furan rings is 1. The fourth-order valence-corrected chi connectivity index (χ4v) is 4.53. The standard InChI is InChI=1S/C25H27N3O3S/c1-25(2,3)17-10-8-16(9-11-17)23(29)26-19-13-20-21(28(5)24(30)27(20)4)14-22(19)32-15-18-7-6-12-31-18/h6-14H,15H2,1-5H3,(H,26,29). The highest BCUT2D eigenvalue weighted by Crippen LogP contribution is 2.34. The Labute approximate surface area is 191 Å². The first-order valence-electron chi connectivity index (χ1n) is 10.4. The third-order valence-corrected chi connectivity index (χ3v) is 6.66. The summed E-state index contributed by atoms with van der Waals surface area (Å²) in [5.74, 6) is 1.26. The zero-order valence-electron chi connectivity index (χ0n) is 18.9. The number of fused-ring (bicyclic) bond motifs is 1. The van der Waals surface area contributed by atoms with E-state index in [1.807, 2.05) is 48.5 Å². The number of amides is 1. The number of rotatable bonds is 5. The number of aromatic nitrogens is 2. The Bertz CT molecular complexity index is 1320. The van der Waals surface area contributed by atoms with Crippen molar-refractivity contribution in [2.24, 2.45) is 14.1 Å². The highest BCUT2D eigenvalue weighted by Gasteiger charge is 2.17. The SMILES string of the molecule is Cn1c(=O)n(C)c2cc(SCc3ccco3)c(NC(=O)c3ccc(C(C)(C)C)cc3)cc21. The molecule has 7 heteroatoms. The number of carbonyl (C=O) groups is 1. The van der Waals surface area contributed by atoms with Gasteiger partial charge < -0.3 is 9.73 Å². The molecule has 2 heterocycles. The number of thioether (sulfide) groups is 1. The van der Waals surface area contributed by atoms with Gasteiger partial charge in [0.25, 0.3) is 5.91 Å². The number of carbonyl (C=O) groups excluding carboxylic acids is 1. The van der Waals surface area contributed by atoms with Gasteiger partial charge in [-0.25, -0.2) is 4.79 Å². The summed E-state index contributed by atoms with van der Waals surface area (Å²) in [4.78, 5) is 26.3. The van der Waals surface area contributed by atoms with Gasteiger partial charge in [0.1, 0.15) is 5.76 Å². The fraction of sp³-hybridized carbons (Fsp3) is 0.280. The van der Waals surface area contributed by atoms with Crippen LogP contribution in [0.3, 0.4) is 0 Å². The molecule has 1 amide bonds. The van der Waals surface area contributed by atoms with E-state index in [9.17, 15) is 9.59 Å². The summed E-state index contributed by atoms with van der Waals surface area (Å²) >= 11 is 1.55. The first kappa shape index (κ1) is 22.0. The molecular weight excluding hydrogens is 422 g/mol. The predicted molar refractivity (Wildman–Crippen MR) is 130 cm³/mol. The summed E-state index contributed by atoms with van der Waals surface area (Å²) in [5, 5.41) is 3.05. The zero-order valence-corrected chi connectivity index (χ0v) is 19.7. The van der Waals surface area contributed by atoms with Crippen molar-refractivity contribution in [2.75, 3.05) is 5.32 Å². The monoisotopic (exact) mass is 449 g/mol. The Kier molecular flexibility index (Phi) is 5.77. The molecule has 6 nitrogen and oxygen atoms in total. The highest BCUT2D eigenvalue weighted by atomic mass is 32.2. The van der Waals surface area contributed by atoms with E-state index >= 15 is 0 Å². The van der Waals surface area contributed by atoms with E-state index in [1.54, 1.807) is 41.3 Å². The van der Waals surface area contributed by atoms with Crippen molar-refractivity contribution < 1.29 is 9.21 Å². The van der Waals surface area contributed by atoms with Gasteiger partial charge in [-0.1, -0.05) is 32.9 Å². The maximum atomic E-state index is 13.0. The van der Waals surface area contributed by atoms with Crippen LogP contribution < -0.4 is 11.0 Å². The van der Waals surface area contributed by atoms with Gasteiger partial charge in [-0.2, -0.15) is 0 Å². The molecular formula is C25H27N3O3S. The Hall–Kier alpha value is -3.19. The third kappa shape index (κ3) is 4.25. The summed E-state index contributed by atoms with van der Waals surface area (Å²) in [5.41, 5.74) is 3.91. The molecule has 0 unspecified atom stereocenters. The summed E-state index contributed by atoms with van der Waals surface area (Å²) < 4.78 is 8.65. The second kappa shape index (κ2) is 8.39. The Balaban J connectivity index is 1.69. The molecule has 0 spiro atoms. The second-order valence-electron chi connectivity index (χ2n) is 8.89. The normalized spacial score (nSPS) is 11.8. The minimum absolute atomic E-state index is 0.0216. The Morgan fingerprint density at radius 2 is 1.69 bits per heavy atom. The largest absolute Gasteiger partial charge is 0.468 e. The number of hydrogen-bond acceptors (Lipinski definition) is 4. The van der Waals surface area contributed by atoms with E-state index in [4.69, 9.17) is 4.42 Å². The lowest BCUT2D eigenvalue weighted by molar-refractivity contribution is 0.102. The van der Waals surface area contributed by atoms with Crippen molar-refractivity contribution in [3.05, 3.63) is 82.2 Å². The molecule has 0 aliphatic carbocycles. The molecule has 32 heavy (non-hydrogen) atoms. The molecule has 1 N–H and O–H groups in total. The van der Waals surface area contributed by atoms with Crippen LogP contribution in [0.2, 0.25) is 0 Å². The van der Waals surface area contributed by atoms with Gasteiger partial charge in [-0.05, 0) is 47.4 Å². The lowest BCUT2D eigenvalue weighted by Crippen LogP contribution is -2.19. The Morgan fingerprint density at radius 1 is 1.03 bits per heavy atom. The van der Waals surface area contributed by atoms with Crippen LogP contribution >= 0.6 is 11.8 Å². The quantitative estimate of drug-likeness (QED) is 0.419. The lowest BCUT2D eigenvalue weighted by atomic mass is 9.87. The molecule has 0 saturated heterocycles. The molecule has 2 aromatic carbocycles. The van der Waals surface area contributed by atoms with Crippen molar-refractivity contribution in [1.29, 1.82) is 0 Å². The van der Waals surface area contributed by atoms with Gasteiger partial charge in [0.05, 0.1) is 28.7 Å². The molecule has 0 fully saturated rings. The van der Waals surface area contributed by atoms with Crippen LogP contribution in [0.25, 0.3) is 11.0 Å². The molecule has 0 aliphatic rings. The predicted octanol–water partition coefficient (Wildman–Crippen LogP) is 5.31. The second-order valence-corrected chi connectivity index (χ2v) is 9.90. The molecule has 2 aromatic heterocycles. The zero-order chi connectivity index (χ0) is 23.0. The van der Waals surface area contributed by atoms with Crippen molar-refractivity contribution in [1.82, 2.24) is 9.13 Å². The minimum atomic E-state index is -0.189. The van der Waals surface area contributed by atoms with Crippen LogP contribution in [-0.2, 0) is 25.3 Å². The van der Waals surface area contributed by atoms with E-state index in [0.29, 0.717) is 17.0 Å². The molecule has 0 radical (unpaired) electrons. The maximum Gasteiger partial charge on any atom is 0.328 e. The lowest BCUT2D eigenvalue weighted by Gasteiger charge is -2.19. The number of nitrogens with zero attached hydrogens (tertiary/aromatic N) is 2. The van der Waals surface area contributed by atoms with Crippen molar-refractivity contribution in [3.63, 3.8) is 0 Å². The third-order valence-electron chi connectivity index (χ3n) is 5.58. The van der Waals surface area contributed by atoms with Crippen LogP contribution in [0.4, 0.5) is 5.69 Å². The van der Waals surface area contributed by atoms with Crippen LogP contribution in [0.1, 0.15) is 42.5 Å². The molecule has 4 rings (SSSR count). The number of benzene rings is 2. The first-order chi connectivity index (χ1) is 15.1. The van der Waals surface area contributed by atoms with E-state index in [0.717, 1.165) is 21.7 Å². The highest BCUT2D eigenvalue weighted by molar-refractivity contribution is 7.98. The molecule has 0 atom stereocenters. The number of anilines is 1. The number of aryl methyl sites for hydroxylation is 2. The van der Waals surface area contributed by atoms with E-state index in [2.05, 4.69) is 26.1 Å². The average molecular weight is 450 g/mol. The van der Waals surface area contributed by atoms with Crippen LogP contribution in [0, 0.1) is 0 Å². The maximum absolute atomic E-state index is 13.0. The molecule has 0 aliphatic heterocycles. The van der Waals surface area contributed by atoms with Gasteiger partial charge in [0, 0.05) is 24.6 Å². The smallest absolute Gasteiger partial charge is 0.328 e. The van der Waals surface area contributed by atoms with Gasteiger partial charge in [0.2, 0.25) is 0 Å².